The van der Waals surface area contributed by atoms with E-state index in [2.05, 4.69) is 0 Å². The van der Waals surface area contributed by atoms with E-state index in [-0.39, 0.29) is 18.7 Å². The van der Waals surface area contributed by atoms with E-state index in [4.69, 9.17) is 14.2 Å². The Morgan fingerprint density at radius 2 is 1.70 bits per heavy atom. The van der Waals surface area contributed by atoms with Crippen molar-refractivity contribution in [3.8, 4) is 17.2 Å². The third-order valence-corrected chi connectivity index (χ3v) is 4.73. The van der Waals surface area contributed by atoms with Crippen molar-refractivity contribution in [2.75, 3.05) is 6.79 Å². The summed E-state index contributed by atoms with van der Waals surface area (Å²) in [6.45, 7) is 0.250. The van der Waals surface area contributed by atoms with Crippen molar-refractivity contribution >= 4 is 5.97 Å². The van der Waals surface area contributed by atoms with Crippen LogP contribution in [0.3, 0.4) is 0 Å². The monoisotopic (exact) mass is 274 g/mol. The topological polar surface area (TPSA) is 44.8 Å². The Labute approximate surface area is 118 Å². The van der Waals surface area contributed by atoms with Gasteiger partial charge in [0, 0.05) is 17.5 Å². The van der Waals surface area contributed by atoms with Crippen LogP contribution in [0.25, 0.3) is 0 Å². The van der Waals surface area contributed by atoms with Gasteiger partial charge in [0.2, 0.25) is 6.79 Å². The number of carbonyl (C=O) groups excluding carboxylic acids is 1. The van der Waals surface area contributed by atoms with E-state index >= 15 is 0 Å². The summed E-state index contributed by atoms with van der Waals surface area (Å²) in [4.78, 5) is 11.9. The molecule has 0 amide bonds. The molecule has 1 aromatic rings. The normalized spacial score (nSPS) is 25.2. The molecule has 1 aromatic carbocycles. The minimum atomic E-state index is -0.119. The molecule has 20 heavy (non-hydrogen) atoms. The first-order valence-electron chi connectivity index (χ1n) is 7.45. The van der Waals surface area contributed by atoms with Crippen LogP contribution in [0, 0.1) is 5.92 Å². The molecule has 3 aliphatic rings. The van der Waals surface area contributed by atoms with Crippen molar-refractivity contribution in [1.82, 2.24) is 0 Å². The third kappa shape index (κ3) is 1.94. The van der Waals surface area contributed by atoms with Gasteiger partial charge < -0.3 is 14.2 Å². The van der Waals surface area contributed by atoms with Crippen molar-refractivity contribution in [3.63, 3.8) is 0 Å². The minimum Gasteiger partial charge on any atom is -0.454 e. The van der Waals surface area contributed by atoms with E-state index in [9.17, 15) is 4.79 Å². The molecule has 1 atom stereocenters. The maximum absolute atomic E-state index is 11.9. The smallest absolute Gasteiger partial charge is 0.311 e. The standard InChI is InChI=1S/C16H18O4/c17-16-7-11(10-4-2-1-3-5-10)12-6-14-15(19-9-18-14)8-13(12)20-16/h6,8,10-11H,1-5,7,9H2/t11-/m0/s1. The van der Waals surface area contributed by atoms with Crippen molar-refractivity contribution in [2.45, 2.75) is 44.4 Å². The second kappa shape index (κ2) is 4.69. The summed E-state index contributed by atoms with van der Waals surface area (Å²) in [6, 6.07) is 3.83. The van der Waals surface area contributed by atoms with Gasteiger partial charge in [0.15, 0.2) is 11.5 Å². The minimum absolute atomic E-state index is 0.119. The number of benzene rings is 1. The summed E-state index contributed by atoms with van der Waals surface area (Å²) in [5.41, 5.74) is 1.13. The molecule has 1 fully saturated rings. The highest BCUT2D eigenvalue weighted by Gasteiger charge is 2.35. The summed E-state index contributed by atoms with van der Waals surface area (Å²) in [7, 11) is 0. The third-order valence-electron chi connectivity index (χ3n) is 4.73. The summed E-state index contributed by atoms with van der Waals surface area (Å²) >= 11 is 0. The fourth-order valence-electron chi connectivity index (χ4n) is 3.73. The predicted molar refractivity (Wildman–Crippen MR) is 72.1 cm³/mol. The highest BCUT2D eigenvalue weighted by Crippen LogP contribution is 2.48. The molecule has 4 nitrogen and oxygen atoms in total. The lowest BCUT2D eigenvalue weighted by Crippen LogP contribution is -2.26. The van der Waals surface area contributed by atoms with Gasteiger partial charge >= 0.3 is 5.97 Å². The van der Waals surface area contributed by atoms with Crippen molar-refractivity contribution in [1.29, 1.82) is 0 Å². The van der Waals surface area contributed by atoms with Crippen LogP contribution in [0.2, 0.25) is 0 Å². The van der Waals surface area contributed by atoms with E-state index in [0.717, 1.165) is 11.3 Å². The lowest BCUT2D eigenvalue weighted by Gasteiger charge is -2.33. The molecule has 0 aromatic heterocycles. The van der Waals surface area contributed by atoms with Crippen LogP contribution in [0.5, 0.6) is 17.2 Å². The SMILES string of the molecule is O=C1C[C@@H](C2CCCCC2)c2cc3c(cc2O1)OCO3. The number of rotatable bonds is 1. The van der Waals surface area contributed by atoms with Gasteiger partial charge in [0.25, 0.3) is 0 Å². The Bertz CT molecular complexity index is 546. The number of hydrogen-bond donors (Lipinski definition) is 0. The zero-order valence-electron chi connectivity index (χ0n) is 11.4. The van der Waals surface area contributed by atoms with E-state index in [0.29, 0.717) is 23.8 Å². The molecule has 4 rings (SSSR count). The maximum atomic E-state index is 11.9. The number of hydrogen-bond acceptors (Lipinski definition) is 4. The fourth-order valence-corrected chi connectivity index (χ4v) is 3.73. The summed E-state index contributed by atoms with van der Waals surface area (Å²) in [5.74, 6) is 2.88. The number of carbonyl (C=O) groups is 1. The Balaban J connectivity index is 1.73. The number of fused-ring (bicyclic) bond motifs is 2. The lowest BCUT2D eigenvalue weighted by molar-refractivity contribution is -0.136. The number of ether oxygens (including phenoxy) is 3. The number of esters is 1. The van der Waals surface area contributed by atoms with Gasteiger partial charge in [-0.15, -0.1) is 0 Å². The second-order valence-electron chi connectivity index (χ2n) is 5.93. The van der Waals surface area contributed by atoms with Crippen molar-refractivity contribution in [3.05, 3.63) is 17.7 Å². The Kier molecular flexibility index (Phi) is 2.83. The molecule has 2 heterocycles. The van der Waals surface area contributed by atoms with Crippen LogP contribution in [0.1, 0.15) is 50.0 Å². The molecule has 0 saturated heterocycles. The Morgan fingerprint density at radius 1 is 0.950 bits per heavy atom. The van der Waals surface area contributed by atoms with Gasteiger partial charge in [-0.25, -0.2) is 0 Å². The largest absolute Gasteiger partial charge is 0.454 e. The van der Waals surface area contributed by atoms with E-state index in [1.807, 2.05) is 12.1 Å². The van der Waals surface area contributed by atoms with Gasteiger partial charge in [0.1, 0.15) is 5.75 Å². The first-order valence-corrected chi connectivity index (χ1v) is 7.45. The zero-order valence-corrected chi connectivity index (χ0v) is 11.4. The average Bonchev–Trinajstić information content (AvgIpc) is 2.92. The van der Waals surface area contributed by atoms with Crippen LogP contribution in [0.4, 0.5) is 0 Å². The van der Waals surface area contributed by atoms with Crippen LogP contribution in [-0.2, 0) is 4.79 Å². The molecule has 0 N–H and O–H groups in total. The van der Waals surface area contributed by atoms with Crippen molar-refractivity contribution < 1.29 is 19.0 Å². The molecule has 0 spiro atoms. The fraction of sp³-hybridized carbons (Fsp3) is 0.562. The van der Waals surface area contributed by atoms with Crippen molar-refractivity contribution in [2.24, 2.45) is 5.92 Å². The highest BCUT2D eigenvalue weighted by molar-refractivity contribution is 5.77. The molecule has 1 aliphatic carbocycles. The lowest BCUT2D eigenvalue weighted by atomic mass is 9.74. The molecule has 2 aliphatic heterocycles. The molecule has 1 saturated carbocycles. The Hall–Kier alpha value is -1.71. The summed E-state index contributed by atoms with van der Waals surface area (Å²) in [6.07, 6.45) is 6.79. The van der Waals surface area contributed by atoms with Gasteiger partial charge in [0.05, 0.1) is 6.42 Å². The summed E-state index contributed by atoms with van der Waals surface area (Å²) in [5, 5.41) is 0. The molecule has 4 heteroatoms. The van der Waals surface area contributed by atoms with Gasteiger partial charge in [-0.1, -0.05) is 19.3 Å². The highest BCUT2D eigenvalue weighted by atomic mass is 16.7. The predicted octanol–water partition coefficient (Wildman–Crippen LogP) is 3.39. The van der Waals surface area contributed by atoms with Crippen LogP contribution in [-0.4, -0.2) is 12.8 Å². The van der Waals surface area contributed by atoms with Crippen LogP contribution < -0.4 is 14.2 Å². The van der Waals surface area contributed by atoms with Gasteiger partial charge in [-0.05, 0) is 24.8 Å². The van der Waals surface area contributed by atoms with E-state index < -0.39 is 0 Å². The summed E-state index contributed by atoms with van der Waals surface area (Å²) < 4.78 is 16.2. The van der Waals surface area contributed by atoms with Crippen LogP contribution >= 0.6 is 0 Å². The average molecular weight is 274 g/mol. The second-order valence-corrected chi connectivity index (χ2v) is 5.93. The molecule has 0 radical (unpaired) electrons. The van der Waals surface area contributed by atoms with Gasteiger partial charge in [-0.3, -0.25) is 4.79 Å². The first kappa shape index (κ1) is 12.1. The molecular weight excluding hydrogens is 256 g/mol. The Morgan fingerprint density at radius 3 is 2.50 bits per heavy atom. The molecule has 106 valence electrons. The maximum Gasteiger partial charge on any atom is 0.311 e. The molecule has 0 bridgehead atoms. The van der Waals surface area contributed by atoms with Gasteiger partial charge in [-0.2, -0.15) is 0 Å². The first-order chi connectivity index (χ1) is 9.81. The zero-order chi connectivity index (χ0) is 13.5. The van der Waals surface area contributed by atoms with Crippen LogP contribution in [0.15, 0.2) is 12.1 Å². The van der Waals surface area contributed by atoms with E-state index in [1.54, 1.807) is 0 Å². The quantitative estimate of drug-likeness (QED) is 0.581. The molecular formula is C16H18O4. The van der Waals surface area contributed by atoms with E-state index in [1.165, 1.54) is 32.1 Å². The molecule has 0 unspecified atom stereocenters.